The summed E-state index contributed by atoms with van der Waals surface area (Å²) in [7, 11) is 0. The number of carbonyl (C=O) groups excluding carboxylic acids is 1. The van der Waals surface area contributed by atoms with Crippen molar-refractivity contribution in [3.8, 4) is 0 Å². The van der Waals surface area contributed by atoms with Crippen LogP contribution in [0.3, 0.4) is 0 Å². The van der Waals surface area contributed by atoms with Gasteiger partial charge in [0.2, 0.25) is 0 Å². The lowest BCUT2D eigenvalue weighted by Crippen LogP contribution is -2.46. The number of benzene rings is 1. The molecule has 1 aromatic carbocycles. The van der Waals surface area contributed by atoms with E-state index in [2.05, 4.69) is 15.5 Å². The van der Waals surface area contributed by atoms with Crippen molar-refractivity contribution in [3.63, 3.8) is 0 Å². The maximum atomic E-state index is 11.9. The highest BCUT2D eigenvalue weighted by Gasteiger charge is 2.26. The van der Waals surface area contributed by atoms with E-state index in [9.17, 15) is 4.79 Å². The van der Waals surface area contributed by atoms with Gasteiger partial charge < -0.3 is 15.4 Å². The highest BCUT2D eigenvalue weighted by atomic mass is 35.5. The third-order valence-corrected chi connectivity index (χ3v) is 4.36. The molecule has 2 aliphatic rings. The summed E-state index contributed by atoms with van der Waals surface area (Å²) in [6.07, 6.45) is 2.19. The number of urea groups is 1. The number of amides is 2. The Hall–Kier alpha value is -1.30. The monoisotopic (exact) mass is 323 g/mol. The number of hydrogen-bond donors (Lipinski definition) is 2. The Morgan fingerprint density at radius 3 is 2.59 bits per heavy atom. The zero-order valence-corrected chi connectivity index (χ0v) is 13.3. The number of halogens is 1. The van der Waals surface area contributed by atoms with Crippen LogP contribution in [0.15, 0.2) is 24.3 Å². The lowest BCUT2D eigenvalue weighted by Gasteiger charge is -2.35. The molecule has 1 aliphatic carbocycles. The van der Waals surface area contributed by atoms with Crippen LogP contribution < -0.4 is 10.6 Å². The van der Waals surface area contributed by atoms with Crippen molar-refractivity contribution in [3.05, 3.63) is 34.9 Å². The normalized spacial score (nSPS) is 20.4. The van der Waals surface area contributed by atoms with Gasteiger partial charge in [-0.25, -0.2) is 4.79 Å². The predicted octanol–water partition coefficient (Wildman–Crippen LogP) is 2.17. The summed E-state index contributed by atoms with van der Waals surface area (Å²) in [4.78, 5) is 14.2. The van der Waals surface area contributed by atoms with Gasteiger partial charge in [0.05, 0.1) is 19.3 Å². The van der Waals surface area contributed by atoms with Crippen LogP contribution >= 0.6 is 11.6 Å². The van der Waals surface area contributed by atoms with E-state index in [1.54, 1.807) is 0 Å². The first-order chi connectivity index (χ1) is 10.7. The van der Waals surface area contributed by atoms with Crippen molar-refractivity contribution in [2.75, 3.05) is 32.8 Å². The molecule has 0 bridgehead atoms. The molecule has 1 unspecified atom stereocenters. The molecule has 6 heteroatoms. The minimum Gasteiger partial charge on any atom is -0.379 e. The van der Waals surface area contributed by atoms with Crippen molar-refractivity contribution >= 4 is 17.6 Å². The van der Waals surface area contributed by atoms with E-state index in [1.807, 2.05) is 24.3 Å². The van der Waals surface area contributed by atoms with Gasteiger partial charge in [-0.3, -0.25) is 4.90 Å². The molecule has 2 amide bonds. The maximum absolute atomic E-state index is 11.9. The number of nitrogens with zero attached hydrogens (tertiary/aromatic N) is 1. The van der Waals surface area contributed by atoms with Gasteiger partial charge in [-0.1, -0.05) is 23.7 Å². The van der Waals surface area contributed by atoms with Gasteiger partial charge in [0.25, 0.3) is 0 Å². The van der Waals surface area contributed by atoms with E-state index in [0.717, 1.165) is 49.7 Å². The molecule has 0 spiro atoms. The van der Waals surface area contributed by atoms with Crippen LogP contribution in [0.25, 0.3) is 0 Å². The van der Waals surface area contributed by atoms with Crippen molar-refractivity contribution in [1.82, 2.24) is 15.5 Å². The molecule has 1 aliphatic heterocycles. The lowest BCUT2D eigenvalue weighted by molar-refractivity contribution is 0.0167. The van der Waals surface area contributed by atoms with E-state index in [1.165, 1.54) is 0 Å². The zero-order valence-electron chi connectivity index (χ0n) is 12.6. The van der Waals surface area contributed by atoms with Gasteiger partial charge in [0.1, 0.15) is 0 Å². The topological polar surface area (TPSA) is 53.6 Å². The van der Waals surface area contributed by atoms with Crippen LogP contribution in [0.2, 0.25) is 5.02 Å². The molecule has 1 heterocycles. The number of carbonyl (C=O) groups is 1. The minimum atomic E-state index is -0.0743. The molecule has 0 radical (unpaired) electrons. The Kier molecular flexibility index (Phi) is 5.18. The van der Waals surface area contributed by atoms with Crippen molar-refractivity contribution in [2.45, 2.75) is 24.9 Å². The van der Waals surface area contributed by atoms with Gasteiger partial charge in [-0.15, -0.1) is 0 Å². The third kappa shape index (κ3) is 4.35. The van der Waals surface area contributed by atoms with Crippen LogP contribution in [-0.2, 0) is 4.74 Å². The Labute approximate surface area is 136 Å². The molecular weight excluding hydrogens is 302 g/mol. The number of rotatable bonds is 5. The van der Waals surface area contributed by atoms with Gasteiger partial charge in [-0.05, 0) is 30.5 Å². The Morgan fingerprint density at radius 2 is 1.95 bits per heavy atom. The van der Waals surface area contributed by atoms with Crippen molar-refractivity contribution in [2.24, 2.45) is 0 Å². The first kappa shape index (κ1) is 15.6. The van der Waals surface area contributed by atoms with Gasteiger partial charge in [0, 0.05) is 30.7 Å². The summed E-state index contributed by atoms with van der Waals surface area (Å²) >= 11 is 5.98. The predicted molar refractivity (Wildman–Crippen MR) is 86.1 cm³/mol. The molecule has 120 valence electrons. The fraction of sp³-hybridized carbons (Fsp3) is 0.562. The smallest absolute Gasteiger partial charge is 0.315 e. The Balaban J connectivity index is 1.64. The molecule has 1 aromatic rings. The molecular formula is C16H22ClN3O2. The summed E-state index contributed by atoms with van der Waals surface area (Å²) in [5.74, 6) is 0. The quantitative estimate of drug-likeness (QED) is 0.873. The highest BCUT2D eigenvalue weighted by Crippen LogP contribution is 2.23. The van der Waals surface area contributed by atoms with Crippen LogP contribution in [0, 0.1) is 0 Å². The van der Waals surface area contributed by atoms with E-state index in [4.69, 9.17) is 16.3 Å². The molecule has 5 nitrogen and oxygen atoms in total. The molecule has 1 atom stereocenters. The van der Waals surface area contributed by atoms with E-state index in [-0.39, 0.29) is 12.1 Å². The van der Waals surface area contributed by atoms with E-state index >= 15 is 0 Å². The molecule has 2 fully saturated rings. The Bertz CT molecular complexity index is 499. The zero-order chi connectivity index (χ0) is 15.4. The molecule has 1 saturated carbocycles. The minimum absolute atomic E-state index is 0.0743. The molecule has 1 saturated heterocycles. The first-order valence-electron chi connectivity index (χ1n) is 7.84. The average molecular weight is 324 g/mol. The van der Waals surface area contributed by atoms with Crippen LogP contribution in [0.5, 0.6) is 0 Å². The second kappa shape index (κ2) is 7.31. The third-order valence-electron chi connectivity index (χ3n) is 4.11. The lowest BCUT2D eigenvalue weighted by atomic mass is 10.0. The fourth-order valence-corrected chi connectivity index (χ4v) is 2.81. The number of hydrogen-bond acceptors (Lipinski definition) is 3. The SMILES string of the molecule is O=C(NCC(c1ccc(Cl)cc1)N1CCOCC1)NC1CC1. The number of ether oxygens (including phenoxy) is 1. The summed E-state index contributed by atoms with van der Waals surface area (Å²) in [5.41, 5.74) is 1.16. The Morgan fingerprint density at radius 1 is 1.27 bits per heavy atom. The number of nitrogens with one attached hydrogen (secondary N) is 2. The fourth-order valence-electron chi connectivity index (χ4n) is 2.69. The molecule has 0 aromatic heterocycles. The summed E-state index contributed by atoms with van der Waals surface area (Å²) < 4.78 is 5.43. The van der Waals surface area contributed by atoms with Crippen LogP contribution in [0.1, 0.15) is 24.4 Å². The molecule has 22 heavy (non-hydrogen) atoms. The van der Waals surface area contributed by atoms with Crippen molar-refractivity contribution < 1.29 is 9.53 Å². The summed E-state index contributed by atoms with van der Waals surface area (Å²) in [5, 5.41) is 6.68. The first-order valence-corrected chi connectivity index (χ1v) is 8.22. The summed E-state index contributed by atoms with van der Waals surface area (Å²) in [6.45, 7) is 3.80. The molecule has 2 N–H and O–H groups in total. The second-order valence-corrected chi connectivity index (χ2v) is 6.28. The largest absolute Gasteiger partial charge is 0.379 e. The summed E-state index contributed by atoms with van der Waals surface area (Å²) in [6, 6.07) is 8.30. The van der Waals surface area contributed by atoms with Crippen molar-refractivity contribution in [1.29, 1.82) is 0 Å². The van der Waals surface area contributed by atoms with E-state index < -0.39 is 0 Å². The highest BCUT2D eigenvalue weighted by molar-refractivity contribution is 6.30. The maximum Gasteiger partial charge on any atom is 0.315 e. The molecule has 3 rings (SSSR count). The van der Waals surface area contributed by atoms with Gasteiger partial charge in [0.15, 0.2) is 0 Å². The second-order valence-electron chi connectivity index (χ2n) is 5.84. The van der Waals surface area contributed by atoms with Gasteiger partial charge in [-0.2, -0.15) is 0 Å². The average Bonchev–Trinajstić information content (AvgIpc) is 3.34. The van der Waals surface area contributed by atoms with Gasteiger partial charge >= 0.3 is 6.03 Å². The van der Waals surface area contributed by atoms with Crippen LogP contribution in [-0.4, -0.2) is 49.8 Å². The van der Waals surface area contributed by atoms with E-state index in [0.29, 0.717) is 12.6 Å². The van der Waals surface area contributed by atoms with Crippen LogP contribution in [0.4, 0.5) is 4.79 Å². The standard InChI is InChI=1S/C16H22ClN3O2/c17-13-3-1-12(2-4-13)15(20-7-9-22-10-8-20)11-18-16(21)19-14-5-6-14/h1-4,14-15H,5-11H2,(H2,18,19,21). The number of morpholine rings is 1.